The first-order valence-electron chi connectivity index (χ1n) is 8.62. The van der Waals surface area contributed by atoms with E-state index in [1.165, 1.54) is 18.4 Å². The van der Waals surface area contributed by atoms with Crippen LogP contribution in [0.1, 0.15) is 36.9 Å². The monoisotopic (exact) mass is 323 g/mol. The van der Waals surface area contributed by atoms with Gasteiger partial charge < -0.3 is 10.2 Å². The molecular formula is C20H25N3O. The molecule has 1 N–H and O–H groups in total. The minimum absolute atomic E-state index is 0.00727. The Morgan fingerprint density at radius 1 is 1.21 bits per heavy atom. The Hall–Kier alpha value is -2.36. The van der Waals surface area contributed by atoms with Crippen molar-refractivity contribution in [1.82, 2.24) is 15.2 Å². The van der Waals surface area contributed by atoms with Crippen LogP contribution in [-0.2, 0) is 6.42 Å². The smallest absolute Gasteiger partial charge is 0.317 e. The third kappa shape index (κ3) is 4.13. The van der Waals surface area contributed by atoms with Gasteiger partial charge in [0.2, 0.25) is 0 Å². The van der Waals surface area contributed by atoms with E-state index in [4.69, 9.17) is 0 Å². The van der Waals surface area contributed by atoms with Crippen LogP contribution in [-0.4, -0.2) is 29.0 Å². The predicted molar refractivity (Wildman–Crippen MR) is 95.6 cm³/mol. The molecule has 1 aromatic carbocycles. The molecule has 2 amide bonds. The van der Waals surface area contributed by atoms with Crippen LogP contribution in [0.25, 0.3) is 0 Å². The summed E-state index contributed by atoms with van der Waals surface area (Å²) in [4.78, 5) is 18.5. The third-order valence-electron chi connectivity index (χ3n) is 4.89. The molecule has 1 heterocycles. The lowest BCUT2D eigenvalue weighted by Gasteiger charge is -2.28. The second-order valence-electron chi connectivity index (χ2n) is 6.65. The highest BCUT2D eigenvalue weighted by Gasteiger charge is 2.33. The Morgan fingerprint density at radius 2 is 1.88 bits per heavy atom. The summed E-state index contributed by atoms with van der Waals surface area (Å²) in [7, 11) is 1.85. The lowest BCUT2D eigenvalue weighted by atomic mass is 10.0. The lowest BCUT2D eigenvalue weighted by molar-refractivity contribution is 0.188. The van der Waals surface area contributed by atoms with E-state index >= 15 is 0 Å². The number of carbonyl (C=O) groups is 1. The van der Waals surface area contributed by atoms with Gasteiger partial charge in [-0.2, -0.15) is 0 Å². The van der Waals surface area contributed by atoms with Gasteiger partial charge in [0.15, 0.2) is 0 Å². The molecule has 2 atom stereocenters. The first-order chi connectivity index (χ1) is 11.6. The summed E-state index contributed by atoms with van der Waals surface area (Å²) in [5.74, 6) is 0.610. The number of benzene rings is 1. The first-order valence-corrected chi connectivity index (χ1v) is 8.62. The quantitative estimate of drug-likeness (QED) is 0.878. The van der Waals surface area contributed by atoms with Gasteiger partial charge in [0.05, 0.1) is 6.04 Å². The van der Waals surface area contributed by atoms with Crippen molar-refractivity contribution in [2.24, 2.45) is 5.92 Å². The zero-order valence-corrected chi connectivity index (χ0v) is 14.4. The summed E-state index contributed by atoms with van der Waals surface area (Å²) in [6.45, 7) is 2.04. The Bertz CT molecular complexity index is 655. The molecule has 1 fully saturated rings. The van der Waals surface area contributed by atoms with Crippen LogP contribution in [0.5, 0.6) is 0 Å². The highest BCUT2D eigenvalue weighted by Crippen LogP contribution is 2.34. The molecule has 0 bridgehead atoms. The van der Waals surface area contributed by atoms with Gasteiger partial charge in [-0.1, -0.05) is 30.3 Å². The molecule has 0 unspecified atom stereocenters. The fraction of sp³-hybridized carbons (Fsp3) is 0.400. The number of nitrogens with zero attached hydrogens (tertiary/aromatic N) is 2. The maximum absolute atomic E-state index is 12.7. The average molecular weight is 323 g/mol. The molecule has 1 aromatic heterocycles. The van der Waals surface area contributed by atoms with E-state index in [2.05, 4.69) is 34.6 Å². The SMILES string of the molecule is C[C@@H](c1ccncc1)N(C)C(=O)N[C@H](Cc1ccccc1)C1CC1. The largest absolute Gasteiger partial charge is 0.335 e. The van der Waals surface area contributed by atoms with Crippen molar-refractivity contribution in [2.75, 3.05) is 7.05 Å². The van der Waals surface area contributed by atoms with E-state index in [9.17, 15) is 4.79 Å². The van der Waals surface area contributed by atoms with Crippen LogP contribution >= 0.6 is 0 Å². The van der Waals surface area contributed by atoms with Gasteiger partial charge in [-0.05, 0) is 55.4 Å². The Labute approximate surface area is 143 Å². The van der Waals surface area contributed by atoms with Crippen molar-refractivity contribution in [3.05, 3.63) is 66.0 Å². The zero-order chi connectivity index (χ0) is 16.9. The average Bonchev–Trinajstić information content (AvgIpc) is 3.46. The molecule has 0 saturated heterocycles. The van der Waals surface area contributed by atoms with Crippen LogP contribution in [0.15, 0.2) is 54.9 Å². The maximum atomic E-state index is 12.7. The summed E-state index contributed by atoms with van der Waals surface area (Å²) in [6.07, 6.45) is 6.84. The van der Waals surface area contributed by atoms with E-state index in [1.54, 1.807) is 17.3 Å². The van der Waals surface area contributed by atoms with E-state index in [1.807, 2.05) is 32.2 Å². The van der Waals surface area contributed by atoms with Crippen molar-refractivity contribution >= 4 is 6.03 Å². The number of hydrogen-bond donors (Lipinski definition) is 1. The second-order valence-corrected chi connectivity index (χ2v) is 6.65. The number of amides is 2. The second kappa shape index (κ2) is 7.47. The van der Waals surface area contributed by atoms with Crippen LogP contribution in [0, 0.1) is 5.92 Å². The molecule has 1 aliphatic carbocycles. The van der Waals surface area contributed by atoms with Crippen molar-refractivity contribution in [3.63, 3.8) is 0 Å². The minimum Gasteiger partial charge on any atom is -0.335 e. The van der Waals surface area contributed by atoms with Gasteiger partial charge >= 0.3 is 6.03 Å². The summed E-state index contributed by atoms with van der Waals surface area (Å²) in [5.41, 5.74) is 2.37. The number of nitrogens with one attached hydrogen (secondary N) is 1. The highest BCUT2D eigenvalue weighted by molar-refractivity contribution is 5.75. The Kier molecular flexibility index (Phi) is 5.14. The van der Waals surface area contributed by atoms with Gasteiger partial charge in [-0.3, -0.25) is 4.98 Å². The van der Waals surface area contributed by atoms with Crippen molar-refractivity contribution in [3.8, 4) is 0 Å². The molecule has 3 rings (SSSR count). The summed E-state index contributed by atoms with van der Waals surface area (Å²) >= 11 is 0. The summed E-state index contributed by atoms with van der Waals surface area (Å²) in [6, 6.07) is 14.5. The fourth-order valence-corrected chi connectivity index (χ4v) is 3.00. The number of rotatable bonds is 6. The normalized spacial score (nSPS) is 16.2. The van der Waals surface area contributed by atoms with Crippen LogP contribution in [0.4, 0.5) is 4.79 Å². The molecule has 24 heavy (non-hydrogen) atoms. The molecule has 0 aliphatic heterocycles. The summed E-state index contributed by atoms with van der Waals surface area (Å²) in [5, 5.41) is 3.25. The number of pyridine rings is 1. The van der Waals surface area contributed by atoms with Crippen molar-refractivity contribution < 1.29 is 4.79 Å². The molecule has 2 aromatic rings. The van der Waals surface area contributed by atoms with Gasteiger partial charge in [0.25, 0.3) is 0 Å². The molecular weight excluding hydrogens is 298 g/mol. The van der Waals surface area contributed by atoms with Crippen molar-refractivity contribution in [1.29, 1.82) is 0 Å². The Balaban J connectivity index is 1.63. The zero-order valence-electron chi connectivity index (χ0n) is 14.4. The number of hydrogen-bond acceptors (Lipinski definition) is 2. The maximum Gasteiger partial charge on any atom is 0.317 e. The van der Waals surface area contributed by atoms with E-state index < -0.39 is 0 Å². The van der Waals surface area contributed by atoms with Crippen molar-refractivity contribution in [2.45, 2.75) is 38.3 Å². The number of aromatic nitrogens is 1. The van der Waals surface area contributed by atoms with E-state index in [0.717, 1.165) is 12.0 Å². The number of carbonyl (C=O) groups excluding carboxylic acids is 1. The Morgan fingerprint density at radius 3 is 2.50 bits per heavy atom. The first kappa shape index (κ1) is 16.5. The van der Waals surface area contributed by atoms with E-state index in [-0.39, 0.29) is 18.1 Å². The number of urea groups is 1. The topological polar surface area (TPSA) is 45.2 Å². The standard InChI is InChI=1S/C20H25N3O/c1-15(17-10-12-21-13-11-17)23(2)20(24)22-19(18-8-9-18)14-16-6-4-3-5-7-16/h3-7,10-13,15,18-19H,8-9,14H2,1-2H3,(H,22,24)/t15-,19+/m0/s1. The molecule has 4 nitrogen and oxygen atoms in total. The molecule has 0 spiro atoms. The van der Waals surface area contributed by atoms with Crippen LogP contribution < -0.4 is 5.32 Å². The molecule has 1 aliphatic rings. The fourth-order valence-electron chi connectivity index (χ4n) is 3.00. The molecule has 126 valence electrons. The van der Waals surface area contributed by atoms with Gasteiger partial charge in [-0.15, -0.1) is 0 Å². The minimum atomic E-state index is -0.00727. The van der Waals surface area contributed by atoms with Gasteiger partial charge in [0.1, 0.15) is 0 Å². The lowest BCUT2D eigenvalue weighted by Crippen LogP contribution is -2.45. The molecule has 4 heteroatoms. The molecule has 1 saturated carbocycles. The van der Waals surface area contributed by atoms with E-state index in [0.29, 0.717) is 5.92 Å². The van der Waals surface area contributed by atoms with Gasteiger partial charge in [0, 0.05) is 25.5 Å². The third-order valence-corrected chi connectivity index (χ3v) is 4.89. The van der Waals surface area contributed by atoms with Crippen LogP contribution in [0.3, 0.4) is 0 Å². The highest BCUT2D eigenvalue weighted by atomic mass is 16.2. The van der Waals surface area contributed by atoms with Gasteiger partial charge in [-0.25, -0.2) is 4.79 Å². The predicted octanol–water partition coefficient (Wildman–Crippen LogP) is 3.81. The summed E-state index contributed by atoms with van der Waals surface area (Å²) < 4.78 is 0. The molecule has 0 radical (unpaired) electrons. The van der Waals surface area contributed by atoms with Crippen LogP contribution in [0.2, 0.25) is 0 Å².